The summed E-state index contributed by atoms with van der Waals surface area (Å²) in [6, 6.07) is 6.48. The van der Waals surface area contributed by atoms with E-state index in [1.807, 2.05) is 6.92 Å². The van der Waals surface area contributed by atoms with Crippen LogP contribution < -0.4 is 5.32 Å². The number of benzene rings is 1. The number of halogens is 5. The lowest BCUT2D eigenvalue weighted by Crippen LogP contribution is -2.45. The van der Waals surface area contributed by atoms with Crippen LogP contribution in [0.1, 0.15) is 43.6 Å². The molecule has 3 aromatic rings. The van der Waals surface area contributed by atoms with Crippen LogP contribution >= 0.6 is 0 Å². The minimum absolute atomic E-state index is 0.0171. The van der Waals surface area contributed by atoms with Crippen LogP contribution in [0.2, 0.25) is 0 Å². The predicted octanol–water partition coefficient (Wildman–Crippen LogP) is 5.06. The highest BCUT2D eigenvalue weighted by atomic mass is 32.2. The van der Waals surface area contributed by atoms with Gasteiger partial charge in [-0.2, -0.15) is 17.5 Å². The lowest BCUT2D eigenvalue weighted by atomic mass is 9.99. The molecule has 4 rings (SSSR count). The Morgan fingerprint density at radius 1 is 1.10 bits per heavy atom. The number of carbonyl (C=O) groups is 1. The van der Waals surface area contributed by atoms with Crippen LogP contribution in [0, 0.1) is 5.82 Å². The third-order valence-corrected chi connectivity index (χ3v) is 8.80. The van der Waals surface area contributed by atoms with Crippen molar-refractivity contribution in [2.45, 2.75) is 62.4 Å². The Morgan fingerprint density at radius 3 is 2.38 bits per heavy atom. The van der Waals surface area contributed by atoms with E-state index >= 15 is 4.39 Å². The van der Waals surface area contributed by atoms with Gasteiger partial charge in [0.1, 0.15) is 23.2 Å². The summed E-state index contributed by atoms with van der Waals surface area (Å²) in [6.45, 7) is 2.73. The summed E-state index contributed by atoms with van der Waals surface area (Å²) >= 11 is 0. The number of nitrogens with zero attached hydrogens (tertiary/aromatic N) is 3. The number of aromatic nitrogens is 2. The van der Waals surface area contributed by atoms with Crippen molar-refractivity contribution in [3.05, 3.63) is 77.6 Å². The van der Waals surface area contributed by atoms with Gasteiger partial charge in [0, 0.05) is 30.9 Å². The number of sulfonamides is 1. The molecule has 1 aliphatic rings. The van der Waals surface area contributed by atoms with Crippen LogP contribution in [0.3, 0.4) is 0 Å². The van der Waals surface area contributed by atoms with E-state index in [9.17, 15) is 30.8 Å². The molecule has 1 aliphatic heterocycles. The number of hydrogen-bond acceptors (Lipinski definition) is 5. The van der Waals surface area contributed by atoms with Gasteiger partial charge in [0.05, 0.1) is 17.1 Å². The third kappa shape index (κ3) is 6.15. The number of pyridine rings is 2. The molecule has 1 N–H and O–H groups in total. The van der Waals surface area contributed by atoms with E-state index in [0.717, 1.165) is 46.4 Å². The van der Waals surface area contributed by atoms with Crippen LogP contribution in [0.15, 0.2) is 59.8 Å². The van der Waals surface area contributed by atoms with E-state index in [2.05, 4.69) is 15.3 Å². The highest BCUT2D eigenvalue weighted by Gasteiger charge is 2.51. The van der Waals surface area contributed by atoms with Crippen LogP contribution in [0.4, 0.5) is 22.0 Å². The Morgan fingerprint density at radius 2 is 1.80 bits per heavy atom. The maximum atomic E-state index is 15.4. The van der Waals surface area contributed by atoms with Gasteiger partial charge in [0.2, 0.25) is 15.9 Å². The number of hydrogen-bond donors (Lipinski definition) is 1. The van der Waals surface area contributed by atoms with Gasteiger partial charge in [-0.25, -0.2) is 17.2 Å². The Kier molecular flexibility index (Phi) is 8.27. The van der Waals surface area contributed by atoms with Crippen molar-refractivity contribution in [1.29, 1.82) is 0 Å². The monoisotopic (exact) mass is 582 g/mol. The summed E-state index contributed by atoms with van der Waals surface area (Å²) in [4.78, 5) is 20.7. The summed E-state index contributed by atoms with van der Waals surface area (Å²) in [5, 5.41) is 2.61. The number of alkyl halides is 4. The average Bonchev–Trinajstić information content (AvgIpc) is 3.30. The average molecular weight is 583 g/mol. The first-order valence-corrected chi connectivity index (χ1v) is 14.0. The van der Waals surface area contributed by atoms with Gasteiger partial charge >= 0.3 is 6.18 Å². The van der Waals surface area contributed by atoms with Crippen LogP contribution in [0.25, 0.3) is 11.1 Å². The molecule has 1 saturated heterocycles. The number of rotatable bonds is 8. The second-order valence-corrected chi connectivity index (χ2v) is 11.5. The molecule has 13 heteroatoms. The van der Waals surface area contributed by atoms with Crippen LogP contribution in [0.5, 0.6) is 0 Å². The SMILES string of the molecule is CCc1cnc(CNC(=O)C2CC(F)(CC)CN2S(=O)(=O)c2ccc(F)cc2)cc1-c1ccc(C(F)(F)F)nc1. The molecule has 1 amide bonds. The smallest absolute Gasteiger partial charge is 0.349 e. The van der Waals surface area contributed by atoms with Crippen molar-refractivity contribution in [2.24, 2.45) is 0 Å². The lowest BCUT2D eigenvalue weighted by molar-refractivity contribution is -0.141. The molecule has 2 unspecified atom stereocenters. The second-order valence-electron chi connectivity index (χ2n) is 9.56. The van der Waals surface area contributed by atoms with Crippen LogP contribution in [-0.2, 0) is 34.0 Å². The standard InChI is InChI=1S/C27H27F5N4O3S/c1-3-17-13-33-20(11-22(17)18-5-10-24(34-14-18)27(30,31)32)15-35-25(37)23-12-26(29,4-2)16-36(23)40(38,39)21-8-6-19(28)7-9-21/h5-11,13-14,23H,3-4,12,15-16H2,1-2H3,(H,35,37). The molecule has 7 nitrogen and oxygen atoms in total. The van der Waals surface area contributed by atoms with E-state index in [-0.39, 0.29) is 24.3 Å². The fourth-order valence-corrected chi connectivity index (χ4v) is 6.22. The lowest BCUT2D eigenvalue weighted by Gasteiger charge is -2.23. The summed E-state index contributed by atoms with van der Waals surface area (Å²) in [7, 11) is -4.32. The fourth-order valence-electron chi connectivity index (χ4n) is 4.57. The largest absolute Gasteiger partial charge is 0.433 e. The zero-order valence-corrected chi connectivity index (χ0v) is 22.5. The van der Waals surface area contributed by atoms with Gasteiger partial charge in [0.15, 0.2) is 0 Å². The van der Waals surface area contributed by atoms with Crippen LogP contribution in [-0.4, -0.2) is 46.9 Å². The molecule has 0 aliphatic carbocycles. The van der Waals surface area contributed by atoms with Gasteiger partial charge < -0.3 is 5.32 Å². The summed E-state index contributed by atoms with van der Waals surface area (Å²) in [5.41, 5.74) is -0.847. The molecule has 1 fully saturated rings. The van der Waals surface area contributed by atoms with E-state index in [1.54, 1.807) is 19.2 Å². The van der Waals surface area contributed by atoms with Gasteiger partial charge in [-0.3, -0.25) is 14.8 Å². The molecule has 2 aromatic heterocycles. The highest BCUT2D eigenvalue weighted by Crippen LogP contribution is 2.37. The first-order chi connectivity index (χ1) is 18.8. The summed E-state index contributed by atoms with van der Waals surface area (Å²) < 4.78 is 94.8. The van der Waals surface area contributed by atoms with E-state index in [4.69, 9.17) is 0 Å². The molecule has 40 heavy (non-hydrogen) atoms. The molecule has 0 bridgehead atoms. The van der Waals surface area contributed by atoms with Crippen molar-refractivity contribution in [2.75, 3.05) is 6.54 Å². The Labute approximate surface area is 228 Å². The van der Waals surface area contributed by atoms with Crippen molar-refractivity contribution in [3.63, 3.8) is 0 Å². The maximum absolute atomic E-state index is 15.4. The molecule has 2 atom stereocenters. The van der Waals surface area contributed by atoms with Crippen molar-refractivity contribution in [3.8, 4) is 11.1 Å². The summed E-state index contributed by atoms with van der Waals surface area (Å²) in [5.74, 6) is -1.38. The first-order valence-electron chi connectivity index (χ1n) is 12.5. The number of nitrogens with one attached hydrogen (secondary N) is 1. The van der Waals surface area contributed by atoms with Gasteiger partial charge in [-0.1, -0.05) is 19.9 Å². The van der Waals surface area contributed by atoms with Crippen molar-refractivity contribution >= 4 is 15.9 Å². The topological polar surface area (TPSA) is 92.3 Å². The number of carbonyl (C=O) groups excluding carboxylic acids is 1. The first kappa shape index (κ1) is 29.5. The van der Waals surface area contributed by atoms with Crippen molar-refractivity contribution in [1.82, 2.24) is 19.6 Å². The molecule has 0 saturated carbocycles. The van der Waals surface area contributed by atoms with E-state index < -0.39 is 51.9 Å². The molecule has 0 radical (unpaired) electrons. The maximum Gasteiger partial charge on any atom is 0.433 e. The highest BCUT2D eigenvalue weighted by molar-refractivity contribution is 7.89. The number of amides is 1. The minimum Gasteiger partial charge on any atom is -0.349 e. The van der Waals surface area contributed by atoms with Gasteiger partial charge in [0.25, 0.3) is 0 Å². The Bertz CT molecular complexity index is 1480. The predicted molar refractivity (Wildman–Crippen MR) is 137 cm³/mol. The molecular formula is C27H27F5N4O3S. The zero-order valence-electron chi connectivity index (χ0n) is 21.7. The minimum atomic E-state index is -4.58. The Balaban J connectivity index is 1.56. The molecule has 214 valence electrons. The summed E-state index contributed by atoms with van der Waals surface area (Å²) in [6.07, 6.45) is -1.77. The second kappa shape index (κ2) is 11.2. The fraction of sp³-hybridized carbons (Fsp3) is 0.370. The zero-order chi connectivity index (χ0) is 29.3. The molecule has 1 aromatic carbocycles. The molecule has 3 heterocycles. The normalized spacial score (nSPS) is 20.0. The molecular weight excluding hydrogens is 555 g/mol. The molecule has 0 spiro atoms. The Hall–Kier alpha value is -3.45. The van der Waals surface area contributed by atoms with E-state index in [0.29, 0.717) is 23.2 Å². The van der Waals surface area contributed by atoms with Gasteiger partial charge in [-0.15, -0.1) is 0 Å². The third-order valence-electron chi connectivity index (χ3n) is 6.94. The van der Waals surface area contributed by atoms with Crippen molar-refractivity contribution < 1.29 is 35.2 Å². The van der Waals surface area contributed by atoms with Gasteiger partial charge in [-0.05, 0) is 60.4 Å². The number of aryl methyl sites for hydroxylation is 1. The quantitative estimate of drug-likeness (QED) is 0.375. The van der Waals surface area contributed by atoms with E-state index in [1.165, 1.54) is 6.07 Å².